The van der Waals surface area contributed by atoms with Crippen LogP contribution in [0.3, 0.4) is 0 Å². The SMILES string of the molecule is C=C[C@]1(C)COc2c(cn(C)c2C(=O)Nc2ccc(F)c(C#N)c2)S(=O)(=O)N1. The molecule has 146 valence electrons. The minimum absolute atomic E-state index is 0.0310. The van der Waals surface area contributed by atoms with Crippen LogP contribution in [-0.2, 0) is 17.1 Å². The summed E-state index contributed by atoms with van der Waals surface area (Å²) < 4.78 is 48.3. The zero-order chi connectivity index (χ0) is 20.7. The lowest BCUT2D eigenvalue weighted by Gasteiger charge is -2.23. The molecule has 2 N–H and O–H groups in total. The van der Waals surface area contributed by atoms with Gasteiger partial charge in [-0.15, -0.1) is 6.58 Å². The number of rotatable bonds is 3. The third kappa shape index (κ3) is 3.37. The molecule has 1 aliphatic rings. The molecule has 0 radical (unpaired) electrons. The second-order valence-corrected chi connectivity index (χ2v) is 8.21. The molecule has 0 aliphatic carbocycles. The van der Waals surface area contributed by atoms with E-state index in [1.54, 1.807) is 13.0 Å². The fourth-order valence-corrected chi connectivity index (χ4v) is 4.33. The largest absolute Gasteiger partial charge is 0.487 e. The van der Waals surface area contributed by atoms with Crippen LogP contribution in [0.1, 0.15) is 23.0 Å². The van der Waals surface area contributed by atoms with Crippen molar-refractivity contribution in [2.45, 2.75) is 17.4 Å². The molecule has 2 aromatic rings. The highest BCUT2D eigenvalue weighted by Crippen LogP contribution is 2.34. The van der Waals surface area contributed by atoms with Crippen molar-refractivity contribution in [2.75, 3.05) is 11.9 Å². The van der Waals surface area contributed by atoms with Crippen LogP contribution in [-0.4, -0.2) is 31.0 Å². The summed E-state index contributed by atoms with van der Waals surface area (Å²) in [6.45, 7) is 5.15. The van der Waals surface area contributed by atoms with Crippen LogP contribution in [0.5, 0.6) is 5.75 Å². The van der Waals surface area contributed by atoms with Gasteiger partial charge in [0.05, 0.1) is 11.1 Å². The predicted octanol–water partition coefficient (Wildman–Crippen LogP) is 1.90. The van der Waals surface area contributed by atoms with Crippen molar-refractivity contribution < 1.29 is 22.3 Å². The molecule has 0 bridgehead atoms. The van der Waals surface area contributed by atoms with E-state index in [4.69, 9.17) is 10.00 Å². The normalized spacial score (nSPS) is 20.2. The molecule has 3 rings (SSSR count). The number of carbonyl (C=O) groups excluding carboxylic acids is 1. The van der Waals surface area contributed by atoms with Gasteiger partial charge >= 0.3 is 0 Å². The Morgan fingerprint density at radius 1 is 1.54 bits per heavy atom. The molecule has 0 saturated carbocycles. The fourth-order valence-electron chi connectivity index (χ4n) is 2.76. The summed E-state index contributed by atoms with van der Waals surface area (Å²) in [7, 11) is -2.46. The van der Waals surface area contributed by atoms with Crippen molar-refractivity contribution in [1.82, 2.24) is 9.29 Å². The van der Waals surface area contributed by atoms with Gasteiger partial charge in [-0.2, -0.15) is 9.98 Å². The number of aryl methyl sites for hydroxylation is 1. The second kappa shape index (κ2) is 6.78. The van der Waals surface area contributed by atoms with Gasteiger partial charge in [-0.25, -0.2) is 12.8 Å². The Kier molecular flexibility index (Phi) is 4.74. The third-order valence-corrected chi connectivity index (χ3v) is 5.89. The number of anilines is 1. The van der Waals surface area contributed by atoms with Crippen LogP contribution in [0.2, 0.25) is 0 Å². The molecular weight excluding hydrogens is 387 g/mol. The monoisotopic (exact) mass is 404 g/mol. The molecule has 28 heavy (non-hydrogen) atoms. The smallest absolute Gasteiger partial charge is 0.276 e. The summed E-state index contributed by atoms with van der Waals surface area (Å²) in [6.07, 6.45) is 2.69. The Morgan fingerprint density at radius 2 is 2.25 bits per heavy atom. The summed E-state index contributed by atoms with van der Waals surface area (Å²) >= 11 is 0. The van der Waals surface area contributed by atoms with E-state index in [9.17, 15) is 17.6 Å². The van der Waals surface area contributed by atoms with Crippen LogP contribution in [0.4, 0.5) is 10.1 Å². The van der Waals surface area contributed by atoms with Gasteiger partial charge in [-0.1, -0.05) is 6.08 Å². The summed E-state index contributed by atoms with van der Waals surface area (Å²) in [6, 6.07) is 5.22. The summed E-state index contributed by atoms with van der Waals surface area (Å²) in [5.41, 5.74) is -1.12. The van der Waals surface area contributed by atoms with Crippen LogP contribution in [0, 0.1) is 17.1 Å². The Bertz CT molecular complexity index is 1130. The maximum Gasteiger partial charge on any atom is 0.276 e. The molecule has 1 aromatic carbocycles. The zero-order valence-corrected chi connectivity index (χ0v) is 15.9. The number of halogens is 1. The number of ether oxygens (including phenoxy) is 1. The predicted molar refractivity (Wildman–Crippen MR) is 98.9 cm³/mol. The van der Waals surface area contributed by atoms with Crippen LogP contribution < -0.4 is 14.8 Å². The lowest BCUT2D eigenvalue weighted by atomic mass is 10.1. The molecule has 1 aliphatic heterocycles. The average molecular weight is 404 g/mol. The minimum atomic E-state index is -3.96. The number of hydrogen-bond acceptors (Lipinski definition) is 5. The quantitative estimate of drug-likeness (QED) is 0.759. The van der Waals surface area contributed by atoms with Gasteiger partial charge in [0.15, 0.2) is 11.4 Å². The highest BCUT2D eigenvalue weighted by molar-refractivity contribution is 7.89. The van der Waals surface area contributed by atoms with E-state index in [-0.39, 0.29) is 34.2 Å². The number of sulfonamides is 1. The first kappa shape index (κ1) is 19.6. The molecular formula is C18H17FN4O4S. The minimum Gasteiger partial charge on any atom is -0.487 e. The first-order valence-electron chi connectivity index (χ1n) is 8.11. The molecule has 10 heteroatoms. The number of nitrogens with zero attached hydrogens (tertiary/aromatic N) is 2. The molecule has 0 saturated heterocycles. The number of nitriles is 1. The van der Waals surface area contributed by atoms with Gasteiger partial charge in [0, 0.05) is 18.9 Å². The number of nitrogens with one attached hydrogen (secondary N) is 2. The number of aromatic nitrogens is 1. The average Bonchev–Trinajstić information content (AvgIpc) is 2.94. The van der Waals surface area contributed by atoms with Crippen molar-refractivity contribution in [2.24, 2.45) is 7.05 Å². The van der Waals surface area contributed by atoms with E-state index in [1.807, 2.05) is 0 Å². The number of fused-ring (bicyclic) bond motifs is 1. The maximum absolute atomic E-state index is 13.5. The van der Waals surface area contributed by atoms with E-state index in [0.29, 0.717) is 0 Å². The third-order valence-electron chi connectivity index (χ3n) is 4.29. The molecule has 0 fully saturated rings. The number of benzene rings is 1. The highest BCUT2D eigenvalue weighted by Gasteiger charge is 2.38. The molecule has 8 nitrogen and oxygen atoms in total. The van der Waals surface area contributed by atoms with Gasteiger partial charge in [0.1, 0.15) is 23.4 Å². The van der Waals surface area contributed by atoms with Crippen molar-refractivity contribution in [3.05, 3.63) is 54.1 Å². The van der Waals surface area contributed by atoms with E-state index < -0.39 is 27.3 Å². The van der Waals surface area contributed by atoms with Crippen molar-refractivity contribution in [1.29, 1.82) is 5.26 Å². The Hall–Kier alpha value is -3.16. The van der Waals surface area contributed by atoms with Crippen LogP contribution in [0.15, 0.2) is 41.9 Å². The van der Waals surface area contributed by atoms with Gasteiger partial charge < -0.3 is 14.6 Å². The van der Waals surface area contributed by atoms with Gasteiger partial charge in [0.2, 0.25) is 10.0 Å². The van der Waals surface area contributed by atoms with E-state index in [2.05, 4.69) is 16.6 Å². The molecule has 2 heterocycles. The van der Waals surface area contributed by atoms with Crippen LogP contribution >= 0.6 is 0 Å². The lowest BCUT2D eigenvalue weighted by molar-refractivity contribution is 0.101. The summed E-state index contributed by atoms with van der Waals surface area (Å²) in [5, 5.41) is 11.4. The van der Waals surface area contributed by atoms with Crippen molar-refractivity contribution in [3.63, 3.8) is 0 Å². The fraction of sp³-hybridized carbons (Fsp3) is 0.222. The first-order valence-corrected chi connectivity index (χ1v) is 9.59. The Morgan fingerprint density at radius 3 is 2.89 bits per heavy atom. The standard InChI is InChI=1S/C18H17FN4O4S/c1-4-18(2)10-27-16-14(28(25,26)22-18)9-23(3)15(16)17(24)21-12-5-6-13(19)11(7-12)8-20/h4-7,9,22H,1,10H2,2-3H3,(H,21,24)/t18-/m1/s1. The topological polar surface area (TPSA) is 113 Å². The molecule has 1 atom stereocenters. The molecule has 0 unspecified atom stereocenters. The van der Waals surface area contributed by atoms with Gasteiger partial charge in [-0.3, -0.25) is 4.79 Å². The Balaban J connectivity index is 2.01. The number of amides is 1. The molecule has 1 aromatic heterocycles. The second-order valence-electron chi connectivity index (χ2n) is 6.56. The lowest BCUT2D eigenvalue weighted by Crippen LogP contribution is -2.46. The van der Waals surface area contributed by atoms with E-state index >= 15 is 0 Å². The van der Waals surface area contributed by atoms with Crippen molar-refractivity contribution >= 4 is 21.6 Å². The van der Waals surface area contributed by atoms with Gasteiger partial charge in [0.25, 0.3) is 5.91 Å². The first-order chi connectivity index (χ1) is 13.1. The Labute approximate surface area is 161 Å². The summed E-state index contributed by atoms with van der Waals surface area (Å²) in [5.74, 6) is -1.48. The maximum atomic E-state index is 13.5. The number of carbonyl (C=O) groups is 1. The van der Waals surface area contributed by atoms with Crippen LogP contribution in [0.25, 0.3) is 0 Å². The van der Waals surface area contributed by atoms with E-state index in [1.165, 1.54) is 36.0 Å². The number of hydrogen-bond donors (Lipinski definition) is 2. The van der Waals surface area contributed by atoms with Gasteiger partial charge in [-0.05, 0) is 25.1 Å². The zero-order valence-electron chi connectivity index (χ0n) is 15.1. The molecule has 1 amide bonds. The highest BCUT2D eigenvalue weighted by atomic mass is 32.2. The van der Waals surface area contributed by atoms with E-state index in [0.717, 1.165) is 6.07 Å². The summed E-state index contributed by atoms with van der Waals surface area (Å²) in [4.78, 5) is 12.6. The molecule has 0 spiro atoms. The van der Waals surface area contributed by atoms with Crippen molar-refractivity contribution in [3.8, 4) is 11.8 Å².